The highest BCUT2D eigenvalue weighted by molar-refractivity contribution is 9.10. The van der Waals surface area contributed by atoms with E-state index in [4.69, 9.17) is 18.3 Å². The number of ether oxygens (including phenoxy) is 1. The molecule has 14 heavy (non-hydrogen) atoms. The maximum Gasteiger partial charge on any atom is 0.252 e. The first-order chi connectivity index (χ1) is 6.65. The first-order valence-electron chi connectivity index (χ1n) is 4.07. The molecule has 0 aromatic heterocycles. The highest BCUT2D eigenvalue weighted by Crippen LogP contribution is 2.22. The number of halogens is 1. The highest BCUT2D eigenvalue weighted by Gasteiger charge is 2.09. The van der Waals surface area contributed by atoms with E-state index in [1.807, 2.05) is 0 Å². The van der Waals surface area contributed by atoms with Gasteiger partial charge in [0.2, 0.25) is 0 Å². The van der Waals surface area contributed by atoms with Crippen molar-refractivity contribution in [3.8, 4) is 5.75 Å². The second-order valence-electron chi connectivity index (χ2n) is 2.64. The molecule has 0 heterocycles. The smallest absolute Gasteiger partial charge is 0.252 e. The molecule has 2 N–H and O–H groups in total. The van der Waals surface area contributed by atoms with Gasteiger partial charge in [0.15, 0.2) is 0 Å². The molecule has 3 nitrogen and oxygen atoms in total. The van der Waals surface area contributed by atoms with Crippen LogP contribution in [0.25, 0.3) is 0 Å². The van der Waals surface area contributed by atoms with Crippen molar-refractivity contribution >= 4 is 29.7 Å². The van der Waals surface area contributed by atoms with E-state index in [-0.39, 0.29) is 0 Å². The Morgan fingerprint density at radius 2 is 2.29 bits per heavy atom. The fourth-order valence-electron chi connectivity index (χ4n) is 0.990. The Kier molecular flexibility index (Phi) is 4.01. The summed E-state index contributed by atoms with van der Waals surface area (Å²) in [4.78, 5) is 11.0. The molecule has 72 valence electrons. The van der Waals surface area contributed by atoms with Crippen molar-refractivity contribution in [2.45, 2.75) is 6.32 Å². The lowest BCUT2D eigenvalue weighted by atomic mass is 10.1. The van der Waals surface area contributed by atoms with Crippen LogP contribution in [0.4, 0.5) is 0 Å². The normalized spacial score (nSPS) is 9.79. The Balaban J connectivity index is 2.96. The molecule has 0 unspecified atom stereocenters. The maximum absolute atomic E-state index is 11.0. The number of carbonyl (C=O) groups is 1. The van der Waals surface area contributed by atoms with Crippen LogP contribution in [0, 0.1) is 0 Å². The van der Waals surface area contributed by atoms with Gasteiger partial charge in [-0.1, -0.05) is 22.3 Å². The van der Waals surface area contributed by atoms with Gasteiger partial charge in [-0.2, -0.15) is 0 Å². The Labute approximate surface area is 92.2 Å². The number of hydrogen-bond donors (Lipinski definition) is 1. The number of nitrogens with two attached hydrogens (primary N) is 1. The molecule has 1 aromatic rings. The molecule has 2 radical (unpaired) electrons. The topological polar surface area (TPSA) is 52.3 Å². The molecule has 0 aliphatic rings. The summed E-state index contributed by atoms with van der Waals surface area (Å²) < 4.78 is 6.04. The van der Waals surface area contributed by atoms with Crippen LogP contribution in [-0.4, -0.2) is 20.4 Å². The number of primary amides is 1. The van der Waals surface area contributed by atoms with Crippen LogP contribution in [0.1, 0.15) is 10.4 Å². The SMILES string of the molecule is [B]CCOc1ccc(Br)cc1C(N)=O. The van der Waals surface area contributed by atoms with Crippen molar-refractivity contribution < 1.29 is 9.53 Å². The molecular formula is C9H9BBrNO2. The summed E-state index contributed by atoms with van der Waals surface area (Å²) in [6.45, 7) is 0.363. The van der Waals surface area contributed by atoms with Gasteiger partial charge in [0.1, 0.15) is 5.75 Å². The van der Waals surface area contributed by atoms with Crippen molar-refractivity contribution in [2.24, 2.45) is 5.73 Å². The Bertz CT molecular complexity index is 344. The van der Waals surface area contributed by atoms with E-state index in [0.29, 0.717) is 24.2 Å². The first kappa shape index (κ1) is 11.1. The van der Waals surface area contributed by atoms with E-state index in [2.05, 4.69) is 15.9 Å². The largest absolute Gasteiger partial charge is 0.494 e. The van der Waals surface area contributed by atoms with Crippen LogP contribution in [-0.2, 0) is 0 Å². The van der Waals surface area contributed by atoms with Gasteiger partial charge >= 0.3 is 0 Å². The lowest BCUT2D eigenvalue weighted by Crippen LogP contribution is -2.13. The van der Waals surface area contributed by atoms with E-state index < -0.39 is 5.91 Å². The third-order valence-corrected chi connectivity index (χ3v) is 2.08. The van der Waals surface area contributed by atoms with Crippen molar-refractivity contribution in [3.05, 3.63) is 28.2 Å². The minimum atomic E-state index is -0.515. The molecule has 0 spiro atoms. The number of carbonyl (C=O) groups excluding carboxylic acids is 1. The molecule has 0 saturated heterocycles. The summed E-state index contributed by atoms with van der Waals surface area (Å²) >= 11 is 3.24. The van der Waals surface area contributed by atoms with Crippen LogP contribution in [0.5, 0.6) is 5.75 Å². The van der Waals surface area contributed by atoms with Crippen LogP contribution < -0.4 is 10.5 Å². The number of amides is 1. The van der Waals surface area contributed by atoms with E-state index in [0.717, 1.165) is 4.47 Å². The predicted molar refractivity (Wildman–Crippen MR) is 58.7 cm³/mol. The van der Waals surface area contributed by atoms with Gasteiger partial charge in [0.05, 0.1) is 20.0 Å². The van der Waals surface area contributed by atoms with Gasteiger partial charge in [0, 0.05) is 4.47 Å². The van der Waals surface area contributed by atoms with Gasteiger partial charge in [0.25, 0.3) is 5.91 Å². The standard InChI is InChI=1S/C9H9BBrNO2/c10-3-4-14-8-2-1-6(11)5-7(8)9(12)13/h1-2,5H,3-4H2,(H2,12,13). The molecule has 1 amide bonds. The van der Waals surface area contributed by atoms with Crippen molar-refractivity contribution in [1.29, 1.82) is 0 Å². The summed E-state index contributed by atoms with van der Waals surface area (Å²) in [6.07, 6.45) is 0.397. The molecule has 0 aliphatic heterocycles. The van der Waals surface area contributed by atoms with Crippen LogP contribution >= 0.6 is 15.9 Å². The van der Waals surface area contributed by atoms with E-state index >= 15 is 0 Å². The molecule has 0 bridgehead atoms. The summed E-state index contributed by atoms with van der Waals surface area (Å²) in [5.41, 5.74) is 5.54. The quantitative estimate of drug-likeness (QED) is 0.828. The van der Waals surface area contributed by atoms with Crippen molar-refractivity contribution in [2.75, 3.05) is 6.61 Å². The predicted octanol–water partition coefficient (Wildman–Crippen LogP) is 1.51. The number of hydrogen-bond acceptors (Lipinski definition) is 2. The van der Waals surface area contributed by atoms with Gasteiger partial charge in [-0.05, 0) is 18.2 Å². The number of rotatable bonds is 4. The zero-order valence-corrected chi connectivity index (χ0v) is 9.08. The minimum Gasteiger partial charge on any atom is -0.494 e. The maximum atomic E-state index is 11.0. The average molecular weight is 254 g/mol. The monoisotopic (exact) mass is 253 g/mol. The van der Waals surface area contributed by atoms with Gasteiger partial charge in [-0.15, -0.1) is 0 Å². The lowest BCUT2D eigenvalue weighted by Gasteiger charge is -2.08. The molecule has 1 rings (SSSR count). The zero-order valence-electron chi connectivity index (χ0n) is 7.50. The summed E-state index contributed by atoms with van der Waals surface area (Å²) in [7, 11) is 5.28. The summed E-state index contributed by atoms with van der Waals surface area (Å²) in [5.74, 6) is -0.0514. The second kappa shape index (κ2) is 5.05. The van der Waals surface area contributed by atoms with E-state index in [1.54, 1.807) is 18.2 Å². The van der Waals surface area contributed by atoms with E-state index in [9.17, 15) is 4.79 Å². The van der Waals surface area contributed by atoms with Crippen LogP contribution in [0.15, 0.2) is 22.7 Å². The fraction of sp³-hybridized carbons (Fsp3) is 0.222. The summed E-state index contributed by atoms with van der Waals surface area (Å²) in [5, 5.41) is 0. The van der Waals surface area contributed by atoms with Crippen LogP contribution in [0.2, 0.25) is 6.32 Å². The summed E-state index contributed by atoms with van der Waals surface area (Å²) in [6, 6.07) is 5.08. The van der Waals surface area contributed by atoms with Crippen molar-refractivity contribution in [3.63, 3.8) is 0 Å². The fourth-order valence-corrected chi connectivity index (χ4v) is 1.35. The molecule has 0 fully saturated rings. The Hall–Kier alpha value is -0.965. The first-order valence-corrected chi connectivity index (χ1v) is 4.86. The molecular weight excluding hydrogens is 245 g/mol. The minimum absolute atomic E-state index is 0.354. The highest BCUT2D eigenvalue weighted by atomic mass is 79.9. The molecule has 5 heteroatoms. The van der Waals surface area contributed by atoms with Gasteiger partial charge in [-0.3, -0.25) is 4.79 Å². The third kappa shape index (κ3) is 2.77. The van der Waals surface area contributed by atoms with Gasteiger partial charge < -0.3 is 10.5 Å². The zero-order chi connectivity index (χ0) is 10.6. The molecule has 0 saturated carbocycles. The molecule has 1 aromatic carbocycles. The van der Waals surface area contributed by atoms with Crippen molar-refractivity contribution in [1.82, 2.24) is 0 Å². The van der Waals surface area contributed by atoms with E-state index in [1.165, 1.54) is 0 Å². The lowest BCUT2D eigenvalue weighted by molar-refractivity contribution is 0.0996. The Morgan fingerprint density at radius 1 is 1.57 bits per heavy atom. The molecule has 0 atom stereocenters. The third-order valence-electron chi connectivity index (χ3n) is 1.58. The van der Waals surface area contributed by atoms with Gasteiger partial charge in [-0.25, -0.2) is 0 Å². The molecule has 0 aliphatic carbocycles. The number of benzene rings is 1. The Morgan fingerprint density at radius 3 is 2.86 bits per heavy atom. The second-order valence-corrected chi connectivity index (χ2v) is 3.56. The van der Waals surface area contributed by atoms with Crippen LogP contribution in [0.3, 0.4) is 0 Å². The average Bonchev–Trinajstić information content (AvgIpc) is 2.15.